The first-order valence-corrected chi connectivity index (χ1v) is 21.7. The van der Waals surface area contributed by atoms with E-state index in [9.17, 15) is 0 Å². The lowest BCUT2D eigenvalue weighted by Gasteiger charge is -2.24. The first-order valence-electron chi connectivity index (χ1n) is 21.7. The monoisotopic (exact) mass is 790 g/mol. The van der Waals surface area contributed by atoms with Crippen molar-refractivity contribution < 1.29 is 4.42 Å². The zero-order valence-corrected chi connectivity index (χ0v) is 34.2. The van der Waals surface area contributed by atoms with Gasteiger partial charge in [-0.25, -0.2) is 0 Å². The average molecular weight is 791 g/mol. The van der Waals surface area contributed by atoms with Crippen LogP contribution in [0.5, 0.6) is 0 Å². The van der Waals surface area contributed by atoms with Crippen molar-refractivity contribution in [1.82, 2.24) is 0 Å². The van der Waals surface area contributed by atoms with Gasteiger partial charge in [0.25, 0.3) is 0 Å². The van der Waals surface area contributed by atoms with Gasteiger partial charge in [-0.15, -0.1) is 0 Å². The fourth-order valence-corrected chi connectivity index (χ4v) is 10.2. The Morgan fingerprint density at radius 2 is 0.903 bits per heavy atom. The Labute approximate surface area is 362 Å². The first kappa shape index (κ1) is 36.1. The molecule has 2 aliphatic carbocycles. The maximum atomic E-state index is 7.12. The molecule has 2 atom stereocenters. The fraction of sp³-hybridized carbons (Fsp3) is 0.0492. The van der Waals surface area contributed by atoms with Crippen LogP contribution in [0, 0.1) is 0 Å². The minimum atomic E-state index is 0.0158. The van der Waals surface area contributed by atoms with Crippen LogP contribution in [0.3, 0.4) is 0 Å². The van der Waals surface area contributed by atoms with Crippen LogP contribution < -0.4 is 0 Å². The van der Waals surface area contributed by atoms with Crippen molar-refractivity contribution in [1.29, 1.82) is 0 Å². The van der Waals surface area contributed by atoms with Crippen LogP contribution in [-0.2, 0) is 0 Å². The Morgan fingerprint density at radius 3 is 1.61 bits per heavy atom. The van der Waals surface area contributed by atoms with Crippen LogP contribution in [0.2, 0.25) is 0 Å². The third kappa shape index (κ3) is 6.25. The highest BCUT2D eigenvalue weighted by Crippen LogP contribution is 2.52. The van der Waals surface area contributed by atoms with E-state index in [1.807, 2.05) is 0 Å². The molecule has 9 aromatic carbocycles. The number of hydrogen-bond donors (Lipinski definition) is 0. The van der Waals surface area contributed by atoms with Crippen molar-refractivity contribution >= 4 is 22.6 Å². The lowest BCUT2D eigenvalue weighted by molar-refractivity contribution is 0.519. The molecular weight excluding hydrogens is 749 g/mol. The Balaban J connectivity index is 1.06. The molecule has 62 heavy (non-hydrogen) atoms. The molecule has 0 radical (unpaired) electrons. The largest absolute Gasteiger partial charge is 0.460 e. The normalized spacial score (nSPS) is 15.1. The van der Waals surface area contributed by atoms with Crippen molar-refractivity contribution in [3.8, 4) is 55.6 Å². The van der Waals surface area contributed by atoms with Crippen LogP contribution in [0.15, 0.2) is 229 Å². The zero-order chi connectivity index (χ0) is 41.0. The number of benzene rings is 9. The molecular formula is C61H42O. The summed E-state index contributed by atoms with van der Waals surface area (Å²) in [6.07, 6.45) is 3.27. The molecule has 2 aliphatic rings. The van der Waals surface area contributed by atoms with Crippen molar-refractivity contribution in [3.05, 3.63) is 264 Å². The number of rotatable bonds is 7. The summed E-state index contributed by atoms with van der Waals surface area (Å²) >= 11 is 0. The lowest BCUT2D eigenvalue weighted by atomic mass is 9.79. The number of hydrogen-bond acceptors (Lipinski definition) is 1. The molecule has 10 aromatic rings. The Morgan fingerprint density at radius 1 is 0.355 bits per heavy atom. The van der Waals surface area contributed by atoms with Gasteiger partial charge in [-0.1, -0.05) is 194 Å². The van der Waals surface area contributed by atoms with Crippen molar-refractivity contribution in [2.75, 3.05) is 0 Å². The van der Waals surface area contributed by atoms with Crippen LogP contribution in [-0.4, -0.2) is 0 Å². The van der Waals surface area contributed by atoms with E-state index in [0.29, 0.717) is 0 Å². The van der Waals surface area contributed by atoms with Gasteiger partial charge in [-0.2, -0.15) is 0 Å². The molecule has 2 unspecified atom stereocenters. The first-order chi connectivity index (χ1) is 30.7. The standard InChI is InChI=1S/C61H42O/c1-5-17-40(18-6-1)44-25-15-26-46(33-44)55-38-49(45-31-32-54-56(37-45)52-27-13-14-28-53(52)59(54)43-23-11-4-12-24-43)39-57-60-51(29-16-30-58(60)62-61(55)57)50-35-47(41-19-7-2-8-20-41)34-48(36-50)42-21-9-3-10-22-42/h1-37,39,55,59H,38H2. The SMILES string of the molecule is C1=C(c2ccc3c(c2)-c2ccccc2C3c2ccccc2)CC(c2cccc(-c3ccccc3)c2)c2oc3cccc(-c4cc(-c5ccccc5)cc(-c5ccccc5)c4)c3c21. The van der Waals surface area contributed by atoms with E-state index >= 15 is 0 Å². The zero-order valence-electron chi connectivity index (χ0n) is 34.2. The summed E-state index contributed by atoms with van der Waals surface area (Å²) in [5.41, 5.74) is 22.2. The number of furan rings is 1. The minimum absolute atomic E-state index is 0.0158. The van der Waals surface area contributed by atoms with Crippen LogP contribution in [0.25, 0.3) is 78.3 Å². The van der Waals surface area contributed by atoms with Crippen LogP contribution >= 0.6 is 0 Å². The predicted molar refractivity (Wildman–Crippen MR) is 258 cm³/mol. The summed E-state index contributed by atoms with van der Waals surface area (Å²) in [6, 6.07) is 82.0. The Hall–Kier alpha value is -7.74. The molecule has 292 valence electrons. The second-order valence-corrected chi connectivity index (χ2v) is 16.7. The topological polar surface area (TPSA) is 13.1 Å². The van der Waals surface area contributed by atoms with Crippen LogP contribution in [0.1, 0.15) is 57.4 Å². The van der Waals surface area contributed by atoms with Crippen LogP contribution in [0.4, 0.5) is 0 Å². The van der Waals surface area contributed by atoms with E-state index < -0.39 is 0 Å². The van der Waals surface area contributed by atoms with Gasteiger partial charge in [-0.3, -0.25) is 0 Å². The smallest absolute Gasteiger partial charge is 0.135 e. The van der Waals surface area contributed by atoms with Gasteiger partial charge < -0.3 is 4.42 Å². The summed E-state index contributed by atoms with van der Waals surface area (Å²) in [4.78, 5) is 0. The highest BCUT2D eigenvalue weighted by atomic mass is 16.3. The van der Waals surface area contributed by atoms with Gasteiger partial charge in [0.15, 0.2) is 0 Å². The van der Waals surface area contributed by atoms with Gasteiger partial charge in [0, 0.05) is 22.8 Å². The second kappa shape index (κ2) is 15.1. The third-order valence-electron chi connectivity index (χ3n) is 13.1. The molecule has 12 rings (SSSR count). The maximum absolute atomic E-state index is 7.12. The molecule has 1 nitrogen and oxygen atoms in total. The fourth-order valence-electron chi connectivity index (χ4n) is 10.2. The van der Waals surface area contributed by atoms with E-state index in [1.165, 1.54) is 94.6 Å². The number of fused-ring (bicyclic) bond motifs is 6. The third-order valence-corrected chi connectivity index (χ3v) is 13.1. The maximum Gasteiger partial charge on any atom is 0.135 e. The Bertz CT molecular complexity index is 3240. The average Bonchev–Trinajstić information content (AvgIpc) is 3.90. The molecule has 0 bridgehead atoms. The lowest BCUT2D eigenvalue weighted by Crippen LogP contribution is -2.08. The molecule has 1 heteroatoms. The summed E-state index contributed by atoms with van der Waals surface area (Å²) in [6.45, 7) is 0. The van der Waals surface area contributed by atoms with Gasteiger partial charge in [0.2, 0.25) is 0 Å². The summed E-state index contributed by atoms with van der Waals surface area (Å²) in [5.74, 6) is 1.26. The molecule has 1 heterocycles. The highest BCUT2D eigenvalue weighted by Gasteiger charge is 2.33. The summed E-state index contributed by atoms with van der Waals surface area (Å²) in [7, 11) is 0. The molecule has 0 amide bonds. The quantitative estimate of drug-likeness (QED) is 0.157. The molecule has 0 fully saturated rings. The van der Waals surface area contributed by atoms with E-state index in [-0.39, 0.29) is 11.8 Å². The van der Waals surface area contributed by atoms with Crippen molar-refractivity contribution in [3.63, 3.8) is 0 Å². The number of allylic oxidation sites excluding steroid dienone is 1. The van der Waals surface area contributed by atoms with Crippen molar-refractivity contribution in [2.45, 2.75) is 18.3 Å². The highest BCUT2D eigenvalue weighted by molar-refractivity contribution is 6.05. The molecule has 0 N–H and O–H groups in total. The summed E-state index contributed by atoms with van der Waals surface area (Å²) < 4.78 is 7.12. The van der Waals surface area contributed by atoms with Gasteiger partial charge in [0.05, 0.1) is 0 Å². The molecule has 1 aromatic heterocycles. The molecule has 0 spiro atoms. The molecule has 0 saturated heterocycles. The van der Waals surface area contributed by atoms with E-state index in [4.69, 9.17) is 4.42 Å². The van der Waals surface area contributed by atoms with E-state index in [2.05, 4.69) is 231 Å². The minimum Gasteiger partial charge on any atom is -0.460 e. The van der Waals surface area contributed by atoms with E-state index in [1.54, 1.807) is 0 Å². The summed E-state index contributed by atoms with van der Waals surface area (Å²) in [5, 5.41) is 1.16. The van der Waals surface area contributed by atoms with Crippen molar-refractivity contribution in [2.24, 2.45) is 0 Å². The molecule has 0 aliphatic heterocycles. The van der Waals surface area contributed by atoms with Gasteiger partial charge in [0.1, 0.15) is 11.3 Å². The molecule has 0 saturated carbocycles. The predicted octanol–water partition coefficient (Wildman–Crippen LogP) is 16.3. The van der Waals surface area contributed by atoms with E-state index in [0.717, 1.165) is 23.2 Å². The Kier molecular flexibility index (Phi) is 8.78. The van der Waals surface area contributed by atoms with Gasteiger partial charge >= 0.3 is 0 Å². The van der Waals surface area contributed by atoms with Gasteiger partial charge in [-0.05, 0) is 132 Å². The second-order valence-electron chi connectivity index (χ2n) is 16.7.